The molecular formula is C16H15FN4. The first kappa shape index (κ1) is 13.4. The van der Waals surface area contributed by atoms with Gasteiger partial charge in [0, 0.05) is 32.4 Å². The third-order valence-corrected chi connectivity index (χ3v) is 3.73. The normalized spacial score (nSPS) is 14.9. The maximum absolute atomic E-state index is 13.8. The van der Waals surface area contributed by atoms with Crippen LogP contribution in [0.2, 0.25) is 0 Å². The van der Waals surface area contributed by atoms with Gasteiger partial charge in [-0.3, -0.25) is 4.98 Å². The van der Waals surface area contributed by atoms with E-state index in [1.807, 2.05) is 11.0 Å². The molecule has 0 radical (unpaired) electrons. The second-order valence-electron chi connectivity index (χ2n) is 4.93. The van der Waals surface area contributed by atoms with Gasteiger partial charge in [0.05, 0.1) is 23.1 Å². The molecule has 4 nitrogen and oxygen atoms in total. The van der Waals surface area contributed by atoms with Crippen molar-refractivity contribution in [3.63, 3.8) is 0 Å². The highest BCUT2D eigenvalue weighted by atomic mass is 19.1. The smallest absolute Gasteiger partial charge is 0.146 e. The molecule has 2 aromatic rings. The monoisotopic (exact) mass is 282 g/mol. The Morgan fingerprint density at radius 3 is 2.33 bits per heavy atom. The van der Waals surface area contributed by atoms with Gasteiger partial charge in [0.25, 0.3) is 0 Å². The van der Waals surface area contributed by atoms with E-state index in [0.717, 1.165) is 31.9 Å². The molecule has 0 unspecified atom stereocenters. The van der Waals surface area contributed by atoms with Crippen LogP contribution in [0.1, 0.15) is 5.56 Å². The highest BCUT2D eigenvalue weighted by Crippen LogP contribution is 2.24. The van der Waals surface area contributed by atoms with Crippen molar-refractivity contribution in [3.8, 4) is 6.07 Å². The zero-order valence-electron chi connectivity index (χ0n) is 11.5. The molecule has 0 atom stereocenters. The summed E-state index contributed by atoms with van der Waals surface area (Å²) in [5.74, 6) is -0.190. The van der Waals surface area contributed by atoms with Crippen molar-refractivity contribution in [1.29, 1.82) is 5.26 Å². The lowest BCUT2D eigenvalue weighted by molar-refractivity contribution is 0.597. The molecular weight excluding hydrogens is 267 g/mol. The molecule has 5 heteroatoms. The Bertz CT molecular complexity index is 672. The SMILES string of the molecule is N#Cc1ccncc1N1CCN(c2ccccc2F)CC1. The number of aromatic nitrogens is 1. The standard InChI is InChI=1S/C16H15FN4/c17-14-3-1-2-4-15(14)20-7-9-21(10-8-20)16-12-19-6-5-13(16)11-18/h1-6,12H,7-10H2. The lowest BCUT2D eigenvalue weighted by Gasteiger charge is -2.37. The minimum Gasteiger partial charge on any atom is -0.366 e. The van der Waals surface area contributed by atoms with Crippen LogP contribution in [0.15, 0.2) is 42.7 Å². The number of hydrogen-bond acceptors (Lipinski definition) is 4. The quantitative estimate of drug-likeness (QED) is 0.848. The zero-order chi connectivity index (χ0) is 14.7. The summed E-state index contributed by atoms with van der Waals surface area (Å²) >= 11 is 0. The van der Waals surface area contributed by atoms with Crippen LogP contribution in [0.25, 0.3) is 0 Å². The Hall–Kier alpha value is -2.61. The van der Waals surface area contributed by atoms with Crippen molar-refractivity contribution < 1.29 is 4.39 Å². The highest BCUT2D eigenvalue weighted by Gasteiger charge is 2.21. The summed E-state index contributed by atoms with van der Waals surface area (Å²) in [6.07, 6.45) is 3.34. The predicted octanol–water partition coefficient (Wildman–Crippen LogP) is 2.42. The molecule has 1 aromatic heterocycles. The van der Waals surface area contributed by atoms with E-state index in [0.29, 0.717) is 11.3 Å². The van der Waals surface area contributed by atoms with Gasteiger partial charge in [-0.25, -0.2) is 4.39 Å². The molecule has 106 valence electrons. The van der Waals surface area contributed by atoms with Gasteiger partial charge in [0.2, 0.25) is 0 Å². The average Bonchev–Trinajstić information content (AvgIpc) is 2.55. The Labute approximate surface area is 123 Å². The number of piperazine rings is 1. The van der Waals surface area contributed by atoms with E-state index in [9.17, 15) is 4.39 Å². The minimum absolute atomic E-state index is 0.190. The zero-order valence-corrected chi connectivity index (χ0v) is 11.5. The first-order chi connectivity index (χ1) is 10.3. The van der Waals surface area contributed by atoms with Crippen LogP contribution in [-0.2, 0) is 0 Å². The highest BCUT2D eigenvalue weighted by molar-refractivity contribution is 5.59. The van der Waals surface area contributed by atoms with E-state index >= 15 is 0 Å². The molecule has 1 aliphatic heterocycles. The summed E-state index contributed by atoms with van der Waals surface area (Å²) < 4.78 is 13.8. The number of para-hydroxylation sites is 1. The van der Waals surface area contributed by atoms with Gasteiger partial charge in [0.1, 0.15) is 11.9 Å². The fourth-order valence-electron chi connectivity index (χ4n) is 2.63. The van der Waals surface area contributed by atoms with Crippen LogP contribution >= 0.6 is 0 Å². The molecule has 1 fully saturated rings. The lowest BCUT2D eigenvalue weighted by Crippen LogP contribution is -2.47. The fraction of sp³-hybridized carbons (Fsp3) is 0.250. The van der Waals surface area contributed by atoms with Crippen molar-refractivity contribution in [2.75, 3.05) is 36.0 Å². The maximum atomic E-state index is 13.8. The van der Waals surface area contributed by atoms with Crippen LogP contribution in [0.5, 0.6) is 0 Å². The van der Waals surface area contributed by atoms with Crippen LogP contribution in [0.4, 0.5) is 15.8 Å². The van der Waals surface area contributed by atoms with E-state index in [1.54, 1.807) is 30.6 Å². The number of benzene rings is 1. The van der Waals surface area contributed by atoms with Crippen molar-refractivity contribution in [2.45, 2.75) is 0 Å². The van der Waals surface area contributed by atoms with E-state index in [4.69, 9.17) is 5.26 Å². The largest absolute Gasteiger partial charge is 0.366 e. The summed E-state index contributed by atoms with van der Waals surface area (Å²) in [4.78, 5) is 8.26. The number of nitriles is 1. The van der Waals surface area contributed by atoms with E-state index in [2.05, 4.69) is 16.0 Å². The van der Waals surface area contributed by atoms with Gasteiger partial charge in [-0.15, -0.1) is 0 Å². The van der Waals surface area contributed by atoms with E-state index < -0.39 is 0 Å². The van der Waals surface area contributed by atoms with Gasteiger partial charge < -0.3 is 9.80 Å². The Morgan fingerprint density at radius 2 is 1.67 bits per heavy atom. The number of halogens is 1. The summed E-state index contributed by atoms with van der Waals surface area (Å²) in [7, 11) is 0. The van der Waals surface area contributed by atoms with Gasteiger partial charge in [-0.2, -0.15) is 5.26 Å². The summed E-state index contributed by atoms with van der Waals surface area (Å²) in [6.45, 7) is 2.94. The van der Waals surface area contributed by atoms with Crippen molar-refractivity contribution in [3.05, 3.63) is 54.1 Å². The Balaban J connectivity index is 1.74. The van der Waals surface area contributed by atoms with Crippen LogP contribution in [0, 0.1) is 17.1 Å². The second kappa shape index (κ2) is 5.80. The van der Waals surface area contributed by atoms with Crippen molar-refractivity contribution in [1.82, 2.24) is 4.98 Å². The van der Waals surface area contributed by atoms with Crippen LogP contribution in [0.3, 0.4) is 0 Å². The number of anilines is 2. The number of rotatable bonds is 2. The molecule has 1 aliphatic rings. The third kappa shape index (κ3) is 2.65. The maximum Gasteiger partial charge on any atom is 0.146 e. The van der Waals surface area contributed by atoms with E-state index in [-0.39, 0.29) is 5.82 Å². The van der Waals surface area contributed by atoms with Gasteiger partial charge in [-0.05, 0) is 18.2 Å². The lowest BCUT2D eigenvalue weighted by atomic mass is 10.2. The van der Waals surface area contributed by atoms with Gasteiger partial charge in [-0.1, -0.05) is 12.1 Å². The molecule has 0 amide bonds. The number of hydrogen-bond donors (Lipinski definition) is 0. The molecule has 3 rings (SSSR count). The van der Waals surface area contributed by atoms with Crippen molar-refractivity contribution >= 4 is 11.4 Å². The Morgan fingerprint density at radius 1 is 1.00 bits per heavy atom. The molecule has 0 saturated carbocycles. The molecule has 1 saturated heterocycles. The average molecular weight is 282 g/mol. The Kier molecular flexibility index (Phi) is 3.69. The van der Waals surface area contributed by atoms with Crippen LogP contribution < -0.4 is 9.80 Å². The van der Waals surface area contributed by atoms with Crippen molar-refractivity contribution in [2.24, 2.45) is 0 Å². The second-order valence-corrected chi connectivity index (χ2v) is 4.93. The summed E-state index contributed by atoms with van der Waals surface area (Å²) in [5.41, 5.74) is 2.13. The first-order valence-electron chi connectivity index (χ1n) is 6.88. The first-order valence-corrected chi connectivity index (χ1v) is 6.88. The van der Waals surface area contributed by atoms with Gasteiger partial charge >= 0.3 is 0 Å². The number of pyridine rings is 1. The van der Waals surface area contributed by atoms with Gasteiger partial charge in [0.15, 0.2) is 0 Å². The molecule has 1 aromatic carbocycles. The van der Waals surface area contributed by atoms with Crippen LogP contribution in [-0.4, -0.2) is 31.2 Å². The summed E-state index contributed by atoms with van der Waals surface area (Å²) in [5, 5.41) is 9.15. The topological polar surface area (TPSA) is 43.2 Å². The minimum atomic E-state index is -0.190. The van der Waals surface area contributed by atoms with E-state index in [1.165, 1.54) is 6.07 Å². The molecule has 0 aliphatic carbocycles. The molecule has 0 bridgehead atoms. The fourth-order valence-corrected chi connectivity index (χ4v) is 2.63. The summed E-state index contributed by atoms with van der Waals surface area (Å²) in [6, 6.07) is 10.7. The molecule has 21 heavy (non-hydrogen) atoms. The molecule has 0 N–H and O–H groups in total. The molecule has 2 heterocycles. The molecule has 0 spiro atoms. The number of nitrogens with zero attached hydrogens (tertiary/aromatic N) is 4. The third-order valence-electron chi connectivity index (χ3n) is 3.73. The predicted molar refractivity (Wildman–Crippen MR) is 79.8 cm³/mol.